The van der Waals surface area contributed by atoms with Crippen molar-refractivity contribution in [1.29, 1.82) is 5.41 Å². The van der Waals surface area contributed by atoms with Crippen molar-refractivity contribution in [3.8, 4) is 0 Å². The molecule has 1 aliphatic heterocycles. The van der Waals surface area contributed by atoms with E-state index in [4.69, 9.17) is 5.41 Å². The van der Waals surface area contributed by atoms with Gasteiger partial charge >= 0.3 is 0 Å². The van der Waals surface area contributed by atoms with Crippen LogP contribution in [0.5, 0.6) is 0 Å². The summed E-state index contributed by atoms with van der Waals surface area (Å²) in [5, 5.41) is 14.2. The lowest BCUT2D eigenvalue weighted by Gasteiger charge is -2.26. The predicted molar refractivity (Wildman–Crippen MR) is 72.1 cm³/mol. The van der Waals surface area contributed by atoms with Crippen LogP contribution in [-0.2, 0) is 0 Å². The van der Waals surface area contributed by atoms with Gasteiger partial charge in [-0.25, -0.2) is 8.78 Å². The Balaban J connectivity index is 2.51. The van der Waals surface area contributed by atoms with Gasteiger partial charge in [0.05, 0.1) is 5.71 Å². The molecule has 3 N–H and O–H groups in total. The first kappa shape index (κ1) is 13.7. The Morgan fingerprint density at radius 3 is 2.53 bits per heavy atom. The van der Waals surface area contributed by atoms with Crippen LogP contribution in [0.1, 0.15) is 18.9 Å². The van der Waals surface area contributed by atoms with Crippen LogP contribution in [0.25, 0.3) is 5.70 Å². The lowest BCUT2D eigenvalue weighted by molar-refractivity contribution is 0.582. The van der Waals surface area contributed by atoms with E-state index in [1.165, 1.54) is 12.1 Å². The van der Waals surface area contributed by atoms with Crippen molar-refractivity contribution in [3.05, 3.63) is 41.0 Å². The molecular formula is C14H17F2N3. The molecule has 2 rings (SSSR count). The third kappa shape index (κ3) is 2.81. The predicted octanol–water partition coefficient (Wildman–Crippen LogP) is 2.30. The Hall–Kier alpha value is -1.75. The van der Waals surface area contributed by atoms with Crippen molar-refractivity contribution < 1.29 is 8.78 Å². The van der Waals surface area contributed by atoms with Crippen molar-refractivity contribution in [2.75, 3.05) is 13.6 Å². The zero-order chi connectivity index (χ0) is 14.0. The maximum absolute atomic E-state index is 13.3. The van der Waals surface area contributed by atoms with Gasteiger partial charge in [0.1, 0.15) is 11.6 Å². The normalized spacial score (nSPS) is 22.3. The fraction of sp³-hybridized carbons (Fsp3) is 0.357. The molecule has 1 atom stereocenters. The number of halogens is 2. The number of rotatable bonds is 2. The topological polar surface area (TPSA) is 47.9 Å². The van der Waals surface area contributed by atoms with E-state index in [1.807, 2.05) is 6.92 Å². The number of benzene rings is 1. The highest BCUT2D eigenvalue weighted by Crippen LogP contribution is 2.23. The smallest absolute Gasteiger partial charge is 0.126 e. The van der Waals surface area contributed by atoms with Crippen molar-refractivity contribution in [3.63, 3.8) is 0 Å². The molecule has 0 aliphatic carbocycles. The second kappa shape index (κ2) is 5.48. The summed E-state index contributed by atoms with van der Waals surface area (Å²) in [6, 6.07) is 3.35. The Labute approximate surface area is 111 Å². The molecule has 19 heavy (non-hydrogen) atoms. The second-order valence-electron chi connectivity index (χ2n) is 4.60. The molecule has 1 aliphatic rings. The molecule has 0 saturated carbocycles. The van der Waals surface area contributed by atoms with Gasteiger partial charge in [0.2, 0.25) is 0 Å². The average molecular weight is 265 g/mol. The van der Waals surface area contributed by atoms with Crippen molar-refractivity contribution >= 4 is 11.4 Å². The molecule has 102 valence electrons. The zero-order valence-corrected chi connectivity index (χ0v) is 11.0. The van der Waals surface area contributed by atoms with E-state index in [1.54, 1.807) is 7.05 Å². The minimum atomic E-state index is -0.614. The Morgan fingerprint density at radius 1 is 1.32 bits per heavy atom. The quantitative estimate of drug-likeness (QED) is 0.768. The van der Waals surface area contributed by atoms with Gasteiger partial charge in [0.15, 0.2) is 0 Å². The van der Waals surface area contributed by atoms with Crippen LogP contribution < -0.4 is 10.6 Å². The SMILES string of the molecule is CN/C(=C1/CCN[C@@H](C)C1=N)c1cc(F)cc(F)c1. The van der Waals surface area contributed by atoms with Crippen LogP contribution in [0.4, 0.5) is 8.78 Å². The molecule has 1 saturated heterocycles. The lowest BCUT2D eigenvalue weighted by atomic mass is 9.92. The van der Waals surface area contributed by atoms with Crippen LogP contribution in [-0.4, -0.2) is 25.3 Å². The molecule has 0 aromatic heterocycles. The molecule has 1 heterocycles. The fourth-order valence-corrected chi connectivity index (χ4v) is 2.34. The van der Waals surface area contributed by atoms with Crippen molar-refractivity contribution in [1.82, 2.24) is 10.6 Å². The maximum Gasteiger partial charge on any atom is 0.126 e. The highest BCUT2D eigenvalue weighted by atomic mass is 19.1. The maximum atomic E-state index is 13.3. The molecular weight excluding hydrogens is 248 g/mol. The first-order chi connectivity index (χ1) is 9.02. The van der Waals surface area contributed by atoms with E-state index >= 15 is 0 Å². The third-order valence-electron chi connectivity index (χ3n) is 3.29. The Kier molecular flexibility index (Phi) is 3.95. The molecule has 0 amide bonds. The molecule has 1 aromatic rings. The fourth-order valence-electron chi connectivity index (χ4n) is 2.34. The molecule has 1 fully saturated rings. The standard InChI is InChI=1S/C14H17F2N3/c1-8-13(17)12(3-4-19-8)14(18-2)9-5-10(15)7-11(16)6-9/h5-8,17-19H,3-4H2,1-2H3/b14-12-,17-13?/t8-/m0/s1. The number of hydrogen-bond donors (Lipinski definition) is 3. The second-order valence-corrected chi connectivity index (χ2v) is 4.60. The van der Waals surface area contributed by atoms with Crippen LogP contribution in [0.15, 0.2) is 23.8 Å². The largest absolute Gasteiger partial charge is 0.387 e. The third-order valence-corrected chi connectivity index (χ3v) is 3.29. The summed E-state index contributed by atoms with van der Waals surface area (Å²) >= 11 is 0. The van der Waals surface area contributed by atoms with E-state index in [0.717, 1.165) is 18.2 Å². The summed E-state index contributed by atoms with van der Waals surface area (Å²) in [5.41, 5.74) is 2.32. The van der Waals surface area contributed by atoms with Gasteiger partial charge in [0, 0.05) is 30.4 Å². The zero-order valence-electron chi connectivity index (χ0n) is 11.0. The number of piperidine rings is 1. The first-order valence-electron chi connectivity index (χ1n) is 6.22. The molecule has 3 nitrogen and oxygen atoms in total. The minimum absolute atomic E-state index is 0.0505. The Morgan fingerprint density at radius 2 is 1.95 bits per heavy atom. The van der Waals surface area contributed by atoms with Gasteiger partial charge in [-0.1, -0.05) is 0 Å². The van der Waals surface area contributed by atoms with E-state index < -0.39 is 11.6 Å². The highest BCUT2D eigenvalue weighted by Gasteiger charge is 2.22. The number of nitrogens with one attached hydrogen (secondary N) is 3. The molecule has 5 heteroatoms. The molecule has 0 spiro atoms. The van der Waals surface area contributed by atoms with Crippen LogP contribution in [0, 0.1) is 17.0 Å². The summed E-state index contributed by atoms with van der Waals surface area (Å²) in [7, 11) is 1.70. The van der Waals surface area contributed by atoms with E-state index in [2.05, 4.69) is 10.6 Å². The van der Waals surface area contributed by atoms with Gasteiger partial charge in [-0.05, 0) is 37.6 Å². The summed E-state index contributed by atoms with van der Waals surface area (Å²) in [5.74, 6) is -1.23. The summed E-state index contributed by atoms with van der Waals surface area (Å²) in [6.45, 7) is 2.66. The van der Waals surface area contributed by atoms with Gasteiger partial charge in [0.25, 0.3) is 0 Å². The average Bonchev–Trinajstić information content (AvgIpc) is 2.34. The van der Waals surface area contributed by atoms with Crippen molar-refractivity contribution in [2.24, 2.45) is 0 Å². The molecule has 0 bridgehead atoms. The van der Waals surface area contributed by atoms with E-state index in [0.29, 0.717) is 23.4 Å². The van der Waals surface area contributed by atoms with Crippen LogP contribution >= 0.6 is 0 Å². The van der Waals surface area contributed by atoms with Gasteiger partial charge in [-0.2, -0.15) is 0 Å². The summed E-state index contributed by atoms with van der Waals surface area (Å²) in [6.07, 6.45) is 0.664. The van der Waals surface area contributed by atoms with E-state index in [9.17, 15) is 8.78 Å². The van der Waals surface area contributed by atoms with Gasteiger partial charge < -0.3 is 16.0 Å². The minimum Gasteiger partial charge on any atom is -0.387 e. The lowest BCUT2D eigenvalue weighted by Crippen LogP contribution is -2.41. The van der Waals surface area contributed by atoms with Crippen LogP contribution in [0.2, 0.25) is 0 Å². The van der Waals surface area contributed by atoms with Crippen LogP contribution in [0.3, 0.4) is 0 Å². The monoisotopic (exact) mass is 265 g/mol. The summed E-state index contributed by atoms with van der Waals surface area (Å²) < 4.78 is 26.6. The first-order valence-corrected chi connectivity index (χ1v) is 6.22. The summed E-state index contributed by atoms with van der Waals surface area (Å²) in [4.78, 5) is 0. The molecule has 0 unspecified atom stereocenters. The molecule has 1 aromatic carbocycles. The van der Waals surface area contributed by atoms with Gasteiger partial charge in [-0.3, -0.25) is 0 Å². The molecule has 0 radical (unpaired) electrons. The van der Waals surface area contributed by atoms with Crippen molar-refractivity contribution in [2.45, 2.75) is 19.4 Å². The Bertz CT molecular complexity index is 517. The number of hydrogen-bond acceptors (Lipinski definition) is 3. The van der Waals surface area contributed by atoms with E-state index in [-0.39, 0.29) is 6.04 Å². The van der Waals surface area contributed by atoms with Gasteiger partial charge in [-0.15, -0.1) is 0 Å². The highest BCUT2D eigenvalue weighted by molar-refractivity contribution is 6.07.